The number of ketones is 1. The fraction of sp³-hybridized carbons (Fsp3) is 0.511. The van der Waals surface area contributed by atoms with Gasteiger partial charge < -0.3 is 58.2 Å². The number of thiophene rings is 1. The number of rotatable bonds is 12. The van der Waals surface area contributed by atoms with Crippen molar-refractivity contribution in [1.29, 1.82) is 0 Å². The Morgan fingerprint density at radius 1 is 0.969 bits per heavy atom. The smallest absolute Gasteiger partial charge is 0.342 e. The monoisotopic (exact) mass is 909 g/mol. The highest BCUT2D eigenvalue weighted by molar-refractivity contribution is 7.12. The number of methoxy groups -OCH3 is 2. The van der Waals surface area contributed by atoms with Crippen LogP contribution in [0.3, 0.4) is 0 Å². The van der Waals surface area contributed by atoms with E-state index in [-0.39, 0.29) is 51.9 Å². The molecule has 344 valence electrons. The Labute approximate surface area is 371 Å². The second-order valence-electron chi connectivity index (χ2n) is 17.3. The van der Waals surface area contributed by atoms with Gasteiger partial charge in [-0.1, -0.05) is 19.9 Å². The average molecular weight is 910 g/mol. The minimum absolute atomic E-state index is 0.00152. The number of carbonyl (C=O) groups is 6. The molecular weight excluding hydrogens is 859 g/mol. The molecule has 3 fully saturated rings. The van der Waals surface area contributed by atoms with Crippen LogP contribution in [-0.4, -0.2) is 120 Å². The van der Waals surface area contributed by atoms with Crippen LogP contribution in [0.25, 0.3) is 0 Å². The molecule has 2 aromatic heterocycles. The Balaban J connectivity index is 1.41. The first kappa shape index (κ1) is 46.4. The van der Waals surface area contributed by atoms with Crippen LogP contribution in [0.15, 0.2) is 69.7 Å². The quantitative estimate of drug-likeness (QED) is 0.115. The molecule has 0 spiro atoms. The molecule has 19 heteroatoms. The third-order valence-corrected chi connectivity index (χ3v) is 14.4. The lowest BCUT2D eigenvalue weighted by atomic mass is 9.44. The molecule has 64 heavy (non-hydrogen) atoms. The Bertz CT molecular complexity index is 2360. The maximum atomic E-state index is 15.6. The number of fused-ring (bicyclic) bond motifs is 5. The first-order valence-electron chi connectivity index (χ1n) is 20.5. The van der Waals surface area contributed by atoms with Gasteiger partial charge in [-0.05, 0) is 66.8 Å². The van der Waals surface area contributed by atoms with Gasteiger partial charge in [0.2, 0.25) is 0 Å². The maximum absolute atomic E-state index is 15.6. The molecule has 3 aliphatic carbocycles. The molecule has 11 atom stereocenters. The molecular formula is C45H51NO17S. The maximum Gasteiger partial charge on any atom is 0.342 e. The second-order valence-corrected chi connectivity index (χ2v) is 18.2. The number of furan rings is 1. The van der Waals surface area contributed by atoms with E-state index in [2.05, 4.69) is 5.32 Å². The predicted molar refractivity (Wildman–Crippen MR) is 221 cm³/mol. The minimum atomic E-state index is -2.48. The number of Topliss-reactive ketones (excluding diaryl/α,β-unsaturated/α-hetero) is 1. The van der Waals surface area contributed by atoms with E-state index in [9.17, 15) is 39.3 Å². The lowest BCUT2D eigenvalue weighted by molar-refractivity contribution is -0.346. The summed E-state index contributed by atoms with van der Waals surface area (Å²) >= 11 is 1.12. The number of ether oxygens (including phenoxy) is 7. The molecule has 1 aliphatic heterocycles. The highest BCUT2D eigenvalue weighted by atomic mass is 32.1. The van der Waals surface area contributed by atoms with Gasteiger partial charge in [-0.25, -0.2) is 9.59 Å². The van der Waals surface area contributed by atoms with Crippen LogP contribution in [-0.2, 0) is 42.9 Å². The van der Waals surface area contributed by atoms with Gasteiger partial charge in [0.05, 0.1) is 49.4 Å². The van der Waals surface area contributed by atoms with E-state index in [1.54, 1.807) is 17.5 Å². The molecule has 1 amide bonds. The molecule has 3 aromatic rings. The Morgan fingerprint density at radius 2 is 1.70 bits per heavy atom. The number of hydrogen-bond donors (Lipinski definition) is 4. The molecule has 2 bridgehead atoms. The summed E-state index contributed by atoms with van der Waals surface area (Å²) in [5.41, 5.74) is -8.28. The zero-order valence-electron chi connectivity index (χ0n) is 36.4. The van der Waals surface area contributed by atoms with Crippen LogP contribution in [0.4, 0.5) is 0 Å². The van der Waals surface area contributed by atoms with Gasteiger partial charge in [0.15, 0.2) is 23.6 Å². The number of aliphatic hydroxyl groups excluding tert-OH is 2. The summed E-state index contributed by atoms with van der Waals surface area (Å²) in [5.74, 6) is -7.03. The molecule has 0 unspecified atom stereocenters. The van der Waals surface area contributed by atoms with E-state index < -0.39 is 113 Å². The summed E-state index contributed by atoms with van der Waals surface area (Å²) in [6.45, 7) is 7.75. The minimum Gasteiger partial charge on any atom is -0.497 e. The molecule has 1 aromatic carbocycles. The number of hydrogen-bond acceptors (Lipinski definition) is 18. The Hall–Kier alpha value is -5.60. The van der Waals surface area contributed by atoms with E-state index in [0.29, 0.717) is 0 Å². The number of esters is 4. The molecule has 4 aliphatic rings. The lowest BCUT2D eigenvalue weighted by Crippen LogP contribution is -2.82. The summed E-state index contributed by atoms with van der Waals surface area (Å²) in [6, 6.07) is 8.96. The fourth-order valence-corrected chi connectivity index (χ4v) is 10.8. The predicted octanol–water partition coefficient (Wildman–Crippen LogP) is 3.41. The Morgan fingerprint density at radius 3 is 2.28 bits per heavy atom. The van der Waals surface area contributed by atoms with E-state index >= 15 is 4.79 Å². The van der Waals surface area contributed by atoms with Crippen molar-refractivity contribution in [2.45, 2.75) is 108 Å². The number of benzene rings is 1. The van der Waals surface area contributed by atoms with Crippen LogP contribution < -0.4 is 14.8 Å². The van der Waals surface area contributed by atoms with E-state index in [1.807, 2.05) is 0 Å². The van der Waals surface area contributed by atoms with Crippen LogP contribution in [0.2, 0.25) is 0 Å². The third kappa shape index (κ3) is 7.45. The van der Waals surface area contributed by atoms with Crippen molar-refractivity contribution in [3.63, 3.8) is 0 Å². The summed E-state index contributed by atoms with van der Waals surface area (Å²) in [5, 5.41) is 41.9. The lowest BCUT2D eigenvalue weighted by Gasteiger charge is -2.67. The molecule has 7 rings (SSSR count). The SMILES string of the molecule is COc1ccc(OC)c(C(=O)O[C@H]2[C@@H]3[C@]4(OC(C)=O)CO[C@@H]4C[C@H](O)[C@@]3(C)C(=O)[C@H](OC(C)=O)C3=C(C)[C@@H](OC(=O)[C@H](O)[C@@H](NC(=O)c4cccs4)c4ccco4)C[C@]2(O)C3(C)C)c1. The van der Waals surface area contributed by atoms with Crippen LogP contribution in [0.1, 0.15) is 86.2 Å². The number of nitrogens with one attached hydrogen (secondary N) is 1. The van der Waals surface area contributed by atoms with Crippen LogP contribution >= 0.6 is 11.3 Å². The second kappa shape index (κ2) is 17.1. The molecule has 0 radical (unpaired) electrons. The third-order valence-electron chi connectivity index (χ3n) is 13.5. The van der Waals surface area contributed by atoms with Crippen molar-refractivity contribution in [2.24, 2.45) is 16.7 Å². The highest BCUT2D eigenvalue weighted by Crippen LogP contribution is 2.64. The van der Waals surface area contributed by atoms with Gasteiger partial charge in [0, 0.05) is 32.1 Å². The number of carbonyl (C=O) groups excluding carboxylic acids is 6. The highest BCUT2D eigenvalue weighted by Gasteiger charge is 2.78. The number of aliphatic hydroxyl groups is 3. The van der Waals surface area contributed by atoms with E-state index in [4.69, 9.17) is 37.6 Å². The largest absolute Gasteiger partial charge is 0.497 e. The Kier molecular flexibility index (Phi) is 12.4. The average Bonchev–Trinajstić information content (AvgIpc) is 3.99. The normalized spacial score (nSPS) is 31.3. The molecule has 18 nitrogen and oxygen atoms in total. The summed E-state index contributed by atoms with van der Waals surface area (Å²) < 4.78 is 46.7. The van der Waals surface area contributed by atoms with Gasteiger partial charge in [-0.2, -0.15) is 0 Å². The topological polar surface area (TPSA) is 253 Å². The van der Waals surface area contributed by atoms with Crippen molar-refractivity contribution < 1.29 is 81.7 Å². The molecule has 4 N–H and O–H groups in total. The molecule has 2 saturated carbocycles. The van der Waals surface area contributed by atoms with Crippen LogP contribution in [0.5, 0.6) is 11.5 Å². The summed E-state index contributed by atoms with van der Waals surface area (Å²) in [4.78, 5) is 84.2. The van der Waals surface area contributed by atoms with Crippen molar-refractivity contribution in [3.8, 4) is 11.5 Å². The van der Waals surface area contributed by atoms with Crippen molar-refractivity contribution in [2.75, 3.05) is 20.8 Å². The summed E-state index contributed by atoms with van der Waals surface area (Å²) in [6.07, 6.45) is -9.76. The van der Waals surface area contributed by atoms with Gasteiger partial charge >= 0.3 is 23.9 Å². The standard InChI is InChI=1S/C45H51NO17S/c1-21-28(61-41(54)34(50)33(27-11-9-15-58-27)46-39(52)29-12-10-16-64-29)19-45(55)38(62-40(53)25-17-24(56-7)13-14-26(25)57-8)36-43(6,30(49)18-31-44(36,20-59-31)63-23(3)48)37(51)35(60-22(2)47)32(21)42(45,4)5/h9-17,28,30-31,33-36,38,49-50,55H,18-20H2,1-8H3,(H,46,52)/t28-,30-,31+,33-,34+,35+,36-,38-,43+,44-,45+/m0/s1. The van der Waals surface area contributed by atoms with Gasteiger partial charge in [0.25, 0.3) is 5.91 Å². The van der Waals surface area contributed by atoms with Crippen LogP contribution in [0, 0.1) is 16.7 Å². The van der Waals surface area contributed by atoms with Crippen molar-refractivity contribution >= 4 is 46.9 Å². The van der Waals surface area contributed by atoms with Gasteiger partial charge in [-0.15, -0.1) is 11.3 Å². The van der Waals surface area contributed by atoms with Crippen molar-refractivity contribution in [1.82, 2.24) is 5.32 Å². The van der Waals surface area contributed by atoms with Gasteiger partial charge in [-0.3, -0.25) is 19.2 Å². The zero-order chi connectivity index (χ0) is 46.7. The fourth-order valence-electron chi connectivity index (χ4n) is 10.2. The first-order valence-corrected chi connectivity index (χ1v) is 21.4. The number of amides is 1. The molecule has 1 saturated heterocycles. The van der Waals surface area contributed by atoms with E-state index in [0.717, 1.165) is 25.2 Å². The zero-order valence-corrected chi connectivity index (χ0v) is 37.2. The summed E-state index contributed by atoms with van der Waals surface area (Å²) in [7, 11) is 2.69. The molecule has 3 heterocycles. The van der Waals surface area contributed by atoms with Gasteiger partial charge in [0.1, 0.15) is 52.8 Å². The van der Waals surface area contributed by atoms with E-state index in [1.165, 1.54) is 78.5 Å². The first-order chi connectivity index (χ1) is 30.2. The van der Waals surface area contributed by atoms with Crippen molar-refractivity contribution in [3.05, 3.63) is 81.5 Å².